The Morgan fingerprint density at radius 3 is 2.55 bits per heavy atom. The van der Waals surface area contributed by atoms with E-state index in [1.165, 1.54) is 30.8 Å². The first-order valence-electron chi connectivity index (χ1n) is 4.49. The maximum atomic E-state index is 5.95. The van der Waals surface area contributed by atoms with Crippen LogP contribution in [0, 0.1) is 5.92 Å². The molecule has 1 fully saturated rings. The second-order valence-electron chi connectivity index (χ2n) is 4.08. The Morgan fingerprint density at radius 1 is 1.45 bits per heavy atom. The SMILES string of the molecule is CC(C)CSCCC1(N)CC1. The first-order chi connectivity index (χ1) is 5.12. The van der Waals surface area contributed by atoms with Gasteiger partial charge in [-0.2, -0.15) is 11.8 Å². The largest absolute Gasteiger partial charge is 0.325 e. The van der Waals surface area contributed by atoms with E-state index in [1.54, 1.807) is 0 Å². The third-order valence-electron chi connectivity index (χ3n) is 2.09. The van der Waals surface area contributed by atoms with Gasteiger partial charge in [0.1, 0.15) is 0 Å². The van der Waals surface area contributed by atoms with Crippen LogP contribution in [0.4, 0.5) is 0 Å². The van der Waals surface area contributed by atoms with Crippen LogP contribution in [-0.4, -0.2) is 17.0 Å². The second-order valence-corrected chi connectivity index (χ2v) is 5.23. The molecule has 1 nitrogen and oxygen atoms in total. The first-order valence-corrected chi connectivity index (χ1v) is 5.64. The van der Waals surface area contributed by atoms with Gasteiger partial charge in [-0.25, -0.2) is 0 Å². The Kier molecular flexibility index (Phi) is 3.26. The van der Waals surface area contributed by atoms with E-state index in [0.29, 0.717) is 0 Å². The summed E-state index contributed by atoms with van der Waals surface area (Å²) < 4.78 is 0. The third-order valence-corrected chi connectivity index (χ3v) is 3.48. The molecule has 0 aromatic rings. The molecule has 0 aromatic carbocycles. The lowest BCUT2D eigenvalue weighted by Crippen LogP contribution is -2.22. The van der Waals surface area contributed by atoms with Crippen LogP contribution < -0.4 is 5.73 Å². The standard InChI is InChI=1S/C9H19NS/c1-8(2)7-11-6-5-9(10)3-4-9/h8H,3-7,10H2,1-2H3. The summed E-state index contributed by atoms with van der Waals surface area (Å²) in [6.07, 6.45) is 3.74. The van der Waals surface area contributed by atoms with Gasteiger partial charge in [0, 0.05) is 5.54 Å². The van der Waals surface area contributed by atoms with Crippen molar-refractivity contribution in [2.75, 3.05) is 11.5 Å². The topological polar surface area (TPSA) is 26.0 Å². The molecule has 0 radical (unpaired) electrons. The average molecular weight is 173 g/mol. The monoisotopic (exact) mass is 173 g/mol. The Bertz CT molecular complexity index is 119. The van der Waals surface area contributed by atoms with Crippen LogP contribution in [0.5, 0.6) is 0 Å². The molecular weight excluding hydrogens is 154 g/mol. The summed E-state index contributed by atoms with van der Waals surface area (Å²) >= 11 is 2.05. The summed E-state index contributed by atoms with van der Waals surface area (Å²) in [7, 11) is 0. The molecule has 0 amide bonds. The van der Waals surface area contributed by atoms with Crippen molar-refractivity contribution in [1.29, 1.82) is 0 Å². The number of thioether (sulfide) groups is 1. The van der Waals surface area contributed by atoms with Crippen molar-refractivity contribution in [2.24, 2.45) is 11.7 Å². The molecule has 2 N–H and O–H groups in total. The van der Waals surface area contributed by atoms with Crippen molar-refractivity contribution in [1.82, 2.24) is 0 Å². The number of hydrogen-bond acceptors (Lipinski definition) is 2. The Hall–Kier alpha value is 0.310. The fraction of sp³-hybridized carbons (Fsp3) is 1.00. The van der Waals surface area contributed by atoms with Crippen LogP contribution in [0.25, 0.3) is 0 Å². The molecule has 0 heterocycles. The number of rotatable bonds is 5. The van der Waals surface area contributed by atoms with E-state index in [2.05, 4.69) is 13.8 Å². The molecule has 2 heteroatoms. The van der Waals surface area contributed by atoms with E-state index >= 15 is 0 Å². The Morgan fingerprint density at radius 2 is 2.09 bits per heavy atom. The predicted octanol–water partition coefficient (Wildman–Crippen LogP) is 2.26. The fourth-order valence-corrected chi connectivity index (χ4v) is 2.19. The van der Waals surface area contributed by atoms with E-state index in [9.17, 15) is 0 Å². The summed E-state index contributed by atoms with van der Waals surface area (Å²) in [5.41, 5.74) is 6.22. The van der Waals surface area contributed by atoms with Crippen molar-refractivity contribution >= 4 is 11.8 Å². The molecule has 0 atom stereocenters. The molecule has 0 aliphatic heterocycles. The molecule has 0 unspecified atom stereocenters. The molecule has 0 bridgehead atoms. The van der Waals surface area contributed by atoms with Crippen molar-refractivity contribution in [2.45, 2.75) is 38.6 Å². The van der Waals surface area contributed by atoms with Crippen molar-refractivity contribution in [3.05, 3.63) is 0 Å². The maximum absolute atomic E-state index is 5.95. The lowest BCUT2D eigenvalue weighted by molar-refractivity contribution is 0.655. The summed E-state index contributed by atoms with van der Waals surface area (Å²) in [6, 6.07) is 0. The van der Waals surface area contributed by atoms with Gasteiger partial charge in [0.25, 0.3) is 0 Å². The molecule has 1 saturated carbocycles. The van der Waals surface area contributed by atoms with Crippen molar-refractivity contribution in [3.63, 3.8) is 0 Å². The summed E-state index contributed by atoms with van der Waals surface area (Å²) in [5, 5.41) is 0. The molecule has 1 aliphatic rings. The third kappa shape index (κ3) is 4.02. The summed E-state index contributed by atoms with van der Waals surface area (Å²) in [6.45, 7) is 4.53. The normalized spacial score (nSPS) is 20.7. The van der Waals surface area contributed by atoms with E-state index in [0.717, 1.165) is 5.92 Å². The highest BCUT2D eigenvalue weighted by molar-refractivity contribution is 7.99. The molecule has 1 rings (SSSR count). The Labute approximate surface area is 74.1 Å². The number of nitrogens with two attached hydrogens (primary N) is 1. The Balaban J connectivity index is 1.88. The van der Waals surface area contributed by atoms with Gasteiger partial charge in [-0.1, -0.05) is 13.8 Å². The lowest BCUT2D eigenvalue weighted by Gasteiger charge is -2.08. The zero-order chi connectivity index (χ0) is 8.32. The van der Waals surface area contributed by atoms with Crippen LogP contribution in [0.3, 0.4) is 0 Å². The highest BCUT2D eigenvalue weighted by Gasteiger charge is 2.37. The van der Waals surface area contributed by atoms with Gasteiger partial charge in [0.05, 0.1) is 0 Å². The molecule has 0 spiro atoms. The van der Waals surface area contributed by atoms with E-state index in [-0.39, 0.29) is 5.54 Å². The van der Waals surface area contributed by atoms with Gasteiger partial charge < -0.3 is 5.73 Å². The minimum atomic E-state index is 0.268. The highest BCUT2D eigenvalue weighted by atomic mass is 32.2. The van der Waals surface area contributed by atoms with Gasteiger partial charge in [-0.3, -0.25) is 0 Å². The fourth-order valence-electron chi connectivity index (χ4n) is 1.01. The molecule has 66 valence electrons. The summed E-state index contributed by atoms with van der Waals surface area (Å²) in [4.78, 5) is 0. The van der Waals surface area contributed by atoms with Crippen LogP contribution in [0.2, 0.25) is 0 Å². The van der Waals surface area contributed by atoms with Crippen LogP contribution in [-0.2, 0) is 0 Å². The first kappa shape index (κ1) is 9.40. The minimum absolute atomic E-state index is 0.268. The van der Waals surface area contributed by atoms with E-state index < -0.39 is 0 Å². The maximum Gasteiger partial charge on any atom is 0.0163 e. The van der Waals surface area contributed by atoms with Crippen molar-refractivity contribution in [3.8, 4) is 0 Å². The van der Waals surface area contributed by atoms with Gasteiger partial charge in [0.2, 0.25) is 0 Å². The molecule has 1 aliphatic carbocycles. The second kappa shape index (κ2) is 3.81. The molecule has 11 heavy (non-hydrogen) atoms. The molecule has 0 saturated heterocycles. The van der Waals surface area contributed by atoms with E-state index in [4.69, 9.17) is 5.73 Å². The van der Waals surface area contributed by atoms with Crippen LogP contribution in [0.15, 0.2) is 0 Å². The van der Waals surface area contributed by atoms with Crippen molar-refractivity contribution < 1.29 is 0 Å². The van der Waals surface area contributed by atoms with Gasteiger partial charge >= 0.3 is 0 Å². The highest BCUT2D eigenvalue weighted by Crippen LogP contribution is 2.36. The number of hydrogen-bond donors (Lipinski definition) is 1. The molecular formula is C9H19NS. The smallest absolute Gasteiger partial charge is 0.0163 e. The van der Waals surface area contributed by atoms with Gasteiger partial charge in [-0.05, 0) is 36.7 Å². The van der Waals surface area contributed by atoms with E-state index in [1.807, 2.05) is 11.8 Å². The lowest BCUT2D eigenvalue weighted by atomic mass is 10.2. The van der Waals surface area contributed by atoms with Gasteiger partial charge in [-0.15, -0.1) is 0 Å². The quantitative estimate of drug-likeness (QED) is 0.645. The zero-order valence-electron chi connectivity index (χ0n) is 7.60. The molecule has 0 aromatic heterocycles. The minimum Gasteiger partial charge on any atom is -0.325 e. The average Bonchev–Trinajstić information content (AvgIpc) is 2.62. The van der Waals surface area contributed by atoms with Gasteiger partial charge in [0.15, 0.2) is 0 Å². The van der Waals surface area contributed by atoms with Crippen LogP contribution >= 0.6 is 11.8 Å². The predicted molar refractivity (Wildman–Crippen MR) is 52.9 cm³/mol. The summed E-state index contributed by atoms with van der Waals surface area (Å²) in [5.74, 6) is 3.37. The zero-order valence-corrected chi connectivity index (χ0v) is 8.41. The van der Waals surface area contributed by atoms with Crippen LogP contribution in [0.1, 0.15) is 33.1 Å².